The highest BCUT2D eigenvalue weighted by molar-refractivity contribution is 6.21. The van der Waals surface area contributed by atoms with Crippen molar-refractivity contribution < 1.29 is 9.59 Å². The fraction of sp³-hybridized carbons (Fsp3) is 0.500. The van der Waals surface area contributed by atoms with Gasteiger partial charge in [-0.15, -0.1) is 0 Å². The zero-order valence-electron chi connectivity index (χ0n) is 11.4. The molecule has 100 valence electrons. The molecule has 2 amide bonds. The topological polar surface area (TPSA) is 37.4 Å². The van der Waals surface area contributed by atoms with E-state index in [1.165, 1.54) is 4.90 Å². The highest BCUT2D eigenvalue weighted by Gasteiger charge is 2.39. The molecule has 3 rings (SSSR count). The van der Waals surface area contributed by atoms with Crippen LogP contribution in [0, 0.1) is 17.8 Å². The maximum atomic E-state index is 12.2. The van der Waals surface area contributed by atoms with Crippen LogP contribution in [0.25, 0.3) is 0 Å². The molecule has 1 aliphatic heterocycles. The average molecular weight is 257 g/mol. The van der Waals surface area contributed by atoms with Crippen molar-refractivity contribution in [1.82, 2.24) is 4.90 Å². The van der Waals surface area contributed by atoms with Gasteiger partial charge in [0.1, 0.15) is 0 Å². The third-order valence-corrected chi connectivity index (χ3v) is 4.53. The molecule has 1 heterocycles. The van der Waals surface area contributed by atoms with Gasteiger partial charge in [-0.2, -0.15) is 0 Å². The molecule has 1 fully saturated rings. The number of amides is 2. The van der Waals surface area contributed by atoms with E-state index in [1.54, 1.807) is 12.1 Å². The van der Waals surface area contributed by atoms with Gasteiger partial charge in [0.2, 0.25) is 0 Å². The second kappa shape index (κ2) is 4.48. The van der Waals surface area contributed by atoms with Crippen LogP contribution in [0.5, 0.6) is 0 Å². The normalized spacial score (nSPS) is 25.7. The van der Waals surface area contributed by atoms with E-state index >= 15 is 0 Å². The van der Waals surface area contributed by atoms with Gasteiger partial charge >= 0.3 is 0 Å². The summed E-state index contributed by atoms with van der Waals surface area (Å²) in [6.07, 6.45) is 2.29. The van der Waals surface area contributed by atoms with Crippen LogP contribution in [0.1, 0.15) is 47.4 Å². The minimum Gasteiger partial charge on any atom is -0.274 e. The summed E-state index contributed by atoms with van der Waals surface area (Å²) in [5.41, 5.74) is 1.12. The van der Waals surface area contributed by atoms with Crippen LogP contribution in [-0.2, 0) is 0 Å². The molecular formula is C16H19NO2. The van der Waals surface area contributed by atoms with Crippen LogP contribution in [0.2, 0.25) is 0 Å². The maximum absolute atomic E-state index is 12.2. The van der Waals surface area contributed by atoms with E-state index in [9.17, 15) is 9.59 Å². The predicted octanol–water partition coefficient (Wildman–Crippen LogP) is 2.96. The lowest BCUT2D eigenvalue weighted by atomic mass is 9.69. The van der Waals surface area contributed by atoms with E-state index in [2.05, 4.69) is 13.8 Å². The molecule has 0 N–H and O–H groups in total. The summed E-state index contributed by atoms with van der Waals surface area (Å²) in [6, 6.07) is 7.11. The summed E-state index contributed by atoms with van der Waals surface area (Å²) in [5.74, 6) is 1.73. The summed E-state index contributed by atoms with van der Waals surface area (Å²) >= 11 is 0. The Morgan fingerprint density at radius 1 is 1.11 bits per heavy atom. The Hall–Kier alpha value is -1.64. The van der Waals surface area contributed by atoms with Crippen molar-refractivity contribution in [2.75, 3.05) is 6.54 Å². The standard InChI is InChI=1S/C16H19NO2/c1-10(2)12-7-11(8-12)9-17-15(18)13-5-3-4-6-14(13)16(17)19/h3-6,10-12H,7-9H2,1-2H3/t11-,12+. The van der Waals surface area contributed by atoms with E-state index in [1.807, 2.05) is 12.1 Å². The van der Waals surface area contributed by atoms with E-state index < -0.39 is 0 Å². The number of imide groups is 1. The molecule has 0 unspecified atom stereocenters. The van der Waals surface area contributed by atoms with Crippen LogP contribution < -0.4 is 0 Å². The quantitative estimate of drug-likeness (QED) is 0.781. The van der Waals surface area contributed by atoms with Crippen molar-refractivity contribution in [2.45, 2.75) is 26.7 Å². The smallest absolute Gasteiger partial charge is 0.261 e. The van der Waals surface area contributed by atoms with Gasteiger partial charge in [-0.1, -0.05) is 26.0 Å². The lowest BCUT2D eigenvalue weighted by Crippen LogP contribution is -2.40. The van der Waals surface area contributed by atoms with Gasteiger partial charge in [-0.25, -0.2) is 0 Å². The Morgan fingerprint density at radius 2 is 1.63 bits per heavy atom. The minimum atomic E-state index is -0.117. The largest absolute Gasteiger partial charge is 0.274 e. The Morgan fingerprint density at radius 3 is 2.11 bits per heavy atom. The van der Waals surface area contributed by atoms with Crippen molar-refractivity contribution in [2.24, 2.45) is 17.8 Å². The van der Waals surface area contributed by atoms with Gasteiger partial charge in [0.15, 0.2) is 0 Å². The van der Waals surface area contributed by atoms with Crippen LogP contribution in [0.4, 0.5) is 0 Å². The molecular weight excluding hydrogens is 238 g/mol. The van der Waals surface area contributed by atoms with Gasteiger partial charge < -0.3 is 0 Å². The van der Waals surface area contributed by atoms with Gasteiger partial charge in [0, 0.05) is 6.54 Å². The number of hydrogen-bond acceptors (Lipinski definition) is 2. The molecule has 2 aliphatic rings. The number of rotatable bonds is 3. The van der Waals surface area contributed by atoms with Gasteiger partial charge in [0.05, 0.1) is 11.1 Å². The fourth-order valence-corrected chi connectivity index (χ4v) is 3.14. The maximum Gasteiger partial charge on any atom is 0.261 e. The highest BCUT2D eigenvalue weighted by Crippen LogP contribution is 2.40. The molecule has 0 radical (unpaired) electrons. The summed E-state index contributed by atoms with van der Waals surface area (Å²) in [5, 5.41) is 0. The van der Waals surface area contributed by atoms with Crippen molar-refractivity contribution in [3.63, 3.8) is 0 Å². The molecule has 19 heavy (non-hydrogen) atoms. The number of benzene rings is 1. The van der Waals surface area contributed by atoms with Crippen LogP contribution in [0.15, 0.2) is 24.3 Å². The molecule has 0 spiro atoms. The van der Waals surface area contributed by atoms with E-state index in [4.69, 9.17) is 0 Å². The average Bonchev–Trinajstić information content (AvgIpc) is 2.57. The molecule has 3 heteroatoms. The van der Waals surface area contributed by atoms with Crippen LogP contribution >= 0.6 is 0 Å². The summed E-state index contributed by atoms with van der Waals surface area (Å²) in [4.78, 5) is 25.8. The van der Waals surface area contributed by atoms with Crippen molar-refractivity contribution >= 4 is 11.8 Å². The number of fused-ring (bicyclic) bond motifs is 1. The van der Waals surface area contributed by atoms with E-state index in [0.717, 1.165) is 18.8 Å². The van der Waals surface area contributed by atoms with Gasteiger partial charge in [-0.05, 0) is 42.7 Å². The SMILES string of the molecule is CC(C)[C@H]1C[C@@H](CN2C(=O)c3ccccc3C2=O)C1. The van der Waals surface area contributed by atoms with Gasteiger partial charge in [0.25, 0.3) is 11.8 Å². The third-order valence-electron chi connectivity index (χ3n) is 4.53. The number of carbonyl (C=O) groups excluding carboxylic acids is 2. The zero-order valence-corrected chi connectivity index (χ0v) is 11.4. The van der Waals surface area contributed by atoms with Crippen LogP contribution in [0.3, 0.4) is 0 Å². The number of hydrogen-bond donors (Lipinski definition) is 0. The number of nitrogens with zero attached hydrogens (tertiary/aromatic N) is 1. The first-order valence-corrected chi connectivity index (χ1v) is 7.03. The first-order chi connectivity index (χ1) is 9.08. The lowest BCUT2D eigenvalue weighted by molar-refractivity contribution is 0.0526. The molecule has 1 saturated carbocycles. The van der Waals surface area contributed by atoms with Gasteiger partial charge in [-0.3, -0.25) is 14.5 Å². The molecule has 3 nitrogen and oxygen atoms in total. The molecule has 1 aliphatic carbocycles. The van der Waals surface area contributed by atoms with E-state index in [0.29, 0.717) is 29.5 Å². The molecule has 1 aromatic carbocycles. The Bertz CT molecular complexity index is 494. The first kappa shape index (κ1) is 12.4. The summed E-state index contributed by atoms with van der Waals surface area (Å²) in [6.45, 7) is 5.07. The highest BCUT2D eigenvalue weighted by atomic mass is 16.2. The van der Waals surface area contributed by atoms with Crippen molar-refractivity contribution in [3.8, 4) is 0 Å². The first-order valence-electron chi connectivity index (χ1n) is 7.03. The lowest BCUT2D eigenvalue weighted by Gasteiger charge is -2.39. The Labute approximate surface area is 113 Å². The predicted molar refractivity (Wildman–Crippen MR) is 72.9 cm³/mol. The second-order valence-corrected chi connectivity index (χ2v) is 6.11. The van der Waals surface area contributed by atoms with Crippen molar-refractivity contribution in [3.05, 3.63) is 35.4 Å². The molecule has 0 atom stereocenters. The third kappa shape index (κ3) is 1.97. The second-order valence-electron chi connectivity index (χ2n) is 6.11. The molecule has 0 aromatic heterocycles. The Balaban J connectivity index is 1.69. The Kier molecular flexibility index (Phi) is 2.92. The molecule has 0 bridgehead atoms. The molecule has 1 aromatic rings. The van der Waals surface area contributed by atoms with Crippen molar-refractivity contribution in [1.29, 1.82) is 0 Å². The van der Waals surface area contributed by atoms with E-state index in [-0.39, 0.29) is 11.8 Å². The van der Waals surface area contributed by atoms with Crippen LogP contribution in [-0.4, -0.2) is 23.3 Å². The minimum absolute atomic E-state index is 0.117. The zero-order chi connectivity index (χ0) is 13.6. The number of carbonyl (C=O) groups is 2. The summed E-state index contributed by atoms with van der Waals surface area (Å²) < 4.78 is 0. The monoisotopic (exact) mass is 257 g/mol. The fourth-order valence-electron chi connectivity index (χ4n) is 3.14. The summed E-state index contributed by atoms with van der Waals surface area (Å²) in [7, 11) is 0. The molecule has 0 saturated heterocycles.